The van der Waals surface area contributed by atoms with Crippen molar-refractivity contribution < 1.29 is 29.0 Å². The summed E-state index contributed by atoms with van der Waals surface area (Å²) >= 11 is 0. The van der Waals surface area contributed by atoms with Crippen molar-refractivity contribution in [1.82, 2.24) is 6.15 Å². The molecule has 0 heterocycles. The first-order valence-corrected chi connectivity index (χ1v) is 21.3. The SMILES string of the molecule is CCCCCCCCCCCCCCCCCC(=O)C(O)(CP(=O)(O)O)C(=O)CCCCCCCCCCCCCCCCC.N. The molecule has 0 radical (unpaired) electrons. The van der Waals surface area contributed by atoms with Crippen molar-refractivity contribution in [1.29, 1.82) is 0 Å². The second-order valence-electron chi connectivity index (χ2n) is 13.9. The zero-order valence-corrected chi connectivity index (χ0v) is 31.4. The third-order valence-corrected chi connectivity index (χ3v) is 10.2. The molecule has 0 rings (SSSR count). The highest BCUT2D eigenvalue weighted by atomic mass is 31.2. The van der Waals surface area contributed by atoms with Crippen LogP contribution in [-0.2, 0) is 14.2 Å². The highest BCUT2D eigenvalue weighted by Crippen LogP contribution is 2.40. The van der Waals surface area contributed by atoms with E-state index in [9.17, 15) is 29.0 Å². The number of ketones is 2. The summed E-state index contributed by atoms with van der Waals surface area (Å²) in [5.74, 6) is -1.46. The molecular weight excluding hydrogens is 597 g/mol. The summed E-state index contributed by atoms with van der Waals surface area (Å²) in [5, 5.41) is 10.9. The molecule has 0 aromatic carbocycles. The van der Waals surface area contributed by atoms with E-state index in [0.29, 0.717) is 12.8 Å². The fourth-order valence-corrected chi connectivity index (χ4v) is 7.31. The largest absolute Gasteiger partial charge is 0.374 e. The van der Waals surface area contributed by atoms with Crippen LogP contribution in [0.2, 0.25) is 0 Å². The third-order valence-electron chi connectivity index (χ3n) is 9.37. The van der Waals surface area contributed by atoms with E-state index in [2.05, 4.69) is 13.8 Å². The van der Waals surface area contributed by atoms with Crippen molar-refractivity contribution in [2.75, 3.05) is 6.16 Å². The molecule has 0 aliphatic carbocycles. The molecule has 0 unspecified atom stereocenters. The van der Waals surface area contributed by atoms with Crippen LogP contribution in [0.4, 0.5) is 0 Å². The van der Waals surface area contributed by atoms with Gasteiger partial charge in [-0.25, -0.2) is 0 Å². The van der Waals surface area contributed by atoms with E-state index in [1.807, 2.05) is 0 Å². The lowest BCUT2D eigenvalue weighted by molar-refractivity contribution is -0.149. The lowest BCUT2D eigenvalue weighted by Gasteiger charge is -2.25. The first-order valence-electron chi connectivity index (χ1n) is 19.5. The van der Waals surface area contributed by atoms with Gasteiger partial charge in [-0.3, -0.25) is 14.2 Å². The molecule has 0 saturated carbocycles. The maximum atomic E-state index is 12.9. The molecular formula is C38H78NO6P. The van der Waals surface area contributed by atoms with Crippen LogP contribution < -0.4 is 6.15 Å². The van der Waals surface area contributed by atoms with Gasteiger partial charge in [0.05, 0.1) is 6.16 Å². The second kappa shape index (κ2) is 32.9. The molecule has 6 N–H and O–H groups in total. The van der Waals surface area contributed by atoms with Crippen LogP contribution in [-0.4, -0.2) is 38.2 Å². The monoisotopic (exact) mass is 676 g/mol. The minimum absolute atomic E-state index is 0. The summed E-state index contributed by atoms with van der Waals surface area (Å²) in [6, 6.07) is 0. The van der Waals surface area contributed by atoms with Crippen molar-refractivity contribution in [3.8, 4) is 0 Å². The summed E-state index contributed by atoms with van der Waals surface area (Å²) in [7, 11) is -4.74. The van der Waals surface area contributed by atoms with Crippen molar-refractivity contribution in [3.05, 3.63) is 0 Å². The lowest BCUT2D eigenvalue weighted by Crippen LogP contribution is -2.49. The Kier molecular flexibility index (Phi) is 34.0. The van der Waals surface area contributed by atoms with Gasteiger partial charge in [-0.05, 0) is 12.8 Å². The molecule has 0 spiro atoms. The molecule has 0 bridgehead atoms. The molecule has 0 fully saturated rings. The van der Waals surface area contributed by atoms with Crippen LogP contribution in [0.15, 0.2) is 0 Å². The van der Waals surface area contributed by atoms with E-state index in [4.69, 9.17) is 0 Å². The summed E-state index contributed by atoms with van der Waals surface area (Å²) < 4.78 is 11.7. The number of Topliss-reactive ketones (excluding diaryl/α,β-unsaturated/α-hetero) is 2. The predicted molar refractivity (Wildman–Crippen MR) is 196 cm³/mol. The molecule has 0 saturated heterocycles. The predicted octanol–water partition coefficient (Wildman–Crippen LogP) is 11.7. The van der Waals surface area contributed by atoms with E-state index in [1.165, 1.54) is 141 Å². The summed E-state index contributed by atoms with van der Waals surface area (Å²) in [6.07, 6.45) is 34.8. The molecule has 0 aromatic rings. The molecule has 0 aliphatic rings. The topological polar surface area (TPSA) is 147 Å². The number of aliphatic hydroxyl groups is 1. The minimum Gasteiger partial charge on any atom is -0.374 e. The van der Waals surface area contributed by atoms with Gasteiger partial charge in [0.15, 0.2) is 17.2 Å². The van der Waals surface area contributed by atoms with E-state index in [0.717, 1.165) is 38.5 Å². The van der Waals surface area contributed by atoms with E-state index in [1.54, 1.807) is 0 Å². The second-order valence-corrected chi connectivity index (χ2v) is 15.6. The number of carbonyl (C=O) groups is 2. The van der Waals surface area contributed by atoms with Crippen LogP contribution in [0.3, 0.4) is 0 Å². The molecule has 8 heteroatoms. The molecule has 0 aromatic heterocycles. The van der Waals surface area contributed by atoms with E-state index < -0.39 is 30.9 Å². The number of hydrogen-bond donors (Lipinski definition) is 4. The Bertz CT molecular complexity index is 695. The van der Waals surface area contributed by atoms with E-state index in [-0.39, 0.29) is 19.0 Å². The van der Waals surface area contributed by atoms with Gasteiger partial charge in [-0.15, -0.1) is 0 Å². The number of rotatable bonds is 36. The van der Waals surface area contributed by atoms with Crippen LogP contribution in [0.25, 0.3) is 0 Å². The van der Waals surface area contributed by atoms with Crippen molar-refractivity contribution in [2.45, 2.75) is 225 Å². The first-order chi connectivity index (χ1) is 21.7. The van der Waals surface area contributed by atoms with Gasteiger partial charge in [0.2, 0.25) is 0 Å². The smallest absolute Gasteiger partial charge is 0.329 e. The molecule has 276 valence electrons. The Morgan fingerprint density at radius 2 is 0.630 bits per heavy atom. The lowest BCUT2D eigenvalue weighted by atomic mass is 9.88. The molecule has 0 atom stereocenters. The Morgan fingerprint density at radius 3 is 0.826 bits per heavy atom. The molecule has 7 nitrogen and oxygen atoms in total. The Hall–Kier alpha value is -0.590. The van der Waals surface area contributed by atoms with Crippen molar-refractivity contribution in [2.24, 2.45) is 0 Å². The first kappa shape index (κ1) is 47.5. The molecule has 0 aliphatic heterocycles. The highest BCUT2D eigenvalue weighted by Gasteiger charge is 2.46. The highest BCUT2D eigenvalue weighted by molar-refractivity contribution is 7.52. The van der Waals surface area contributed by atoms with Crippen LogP contribution >= 0.6 is 7.60 Å². The van der Waals surface area contributed by atoms with Gasteiger partial charge in [0.25, 0.3) is 0 Å². The maximum absolute atomic E-state index is 12.9. The Morgan fingerprint density at radius 1 is 0.435 bits per heavy atom. The van der Waals surface area contributed by atoms with Crippen LogP contribution in [0, 0.1) is 0 Å². The Labute approximate surface area is 285 Å². The van der Waals surface area contributed by atoms with Crippen molar-refractivity contribution in [3.63, 3.8) is 0 Å². The number of unbranched alkanes of at least 4 members (excludes halogenated alkanes) is 28. The van der Waals surface area contributed by atoms with Gasteiger partial charge in [0.1, 0.15) is 0 Å². The summed E-state index contributed by atoms with van der Waals surface area (Å²) in [4.78, 5) is 44.7. The average Bonchev–Trinajstić information content (AvgIpc) is 2.99. The van der Waals surface area contributed by atoms with Gasteiger partial charge in [0, 0.05) is 12.8 Å². The summed E-state index contributed by atoms with van der Waals surface area (Å²) in [6.45, 7) is 4.50. The number of hydrogen-bond acceptors (Lipinski definition) is 5. The minimum atomic E-state index is -4.74. The fourth-order valence-electron chi connectivity index (χ4n) is 6.36. The number of carbonyl (C=O) groups excluding carboxylic acids is 2. The van der Waals surface area contributed by atoms with Gasteiger partial charge < -0.3 is 21.0 Å². The van der Waals surface area contributed by atoms with Gasteiger partial charge in [-0.1, -0.05) is 194 Å². The van der Waals surface area contributed by atoms with Crippen LogP contribution in [0.5, 0.6) is 0 Å². The zero-order valence-electron chi connectivity index (χ0n) is 30.6. The fraction of sp³-hybridized carbons (Fsp3) is 0.947. The zero-order chi connectivity index (χ0) is 33.5. The van der Waals surface area contributed by atoms with Gasteiger partial charge in [-0.2, -0.15) is 0 Å². The summed E-state index contributed by atoms with van der Waals surface area (Å²) in [5.41, 5.74) is -2.56. The van der Waals surface area contributed by atoms with Crippen LogP contribution in [0.1, 0.15) is 219 Å². The van der Waals surface area contributed by atoms with Crippen molar-refractivity contribution >= 4 is 19.2 Å². The maximum Gasteiger partial charge on any atom is 0.329 e. The van der Waals surface area contributed by atoms with E-state index >= 15 is 0 Å². The average molecular weight is 676 g/mol. The standard InChI is InChI=1S/C38H75O6P.H3N/c1-3-5-7-9-11-13-15-17-19-21-23-25-27-29-31-33-36(39)38(41,35-45(42,43)44)37(40)34-32-30-28-26-24-22-20-18-16-14-12-10-8-6-4-2;/h41H,3-35H2,1-2H3,(H2,42,43,44);1H3. The Balaban J connectivity index is 0. The third kappa shape index (κ3) is 29.5. The quantitative estimate of drug-likeness (QED) is 0.0293. The molecule has 0 amide bonds. The normalized spacial score (nSPS) is 11.9. The molecule has 46 heavy (non-hydrogen) atoms. The van der Waals surface area contributed by atoms with Gasteiger partial charge >= 0.3 is 7.60 Å².